The third kappa shape index (κ3) is 6.14. The van der Waals surface area contributed by atoms with Crippen molar-refractivity contribution in [2.24, 2.45) is 10.4 Å². The maximum Gasteiger partial charge on any atom is 0.218 e. The number of ether oxygens (including phenoxy) is 3. The van der Waals surface area contributed by atoms with Gasteiger partial charge in [-0.3, -0.25) is 4.99 Å². The number of pyridine rings is 1. The highest BCUT2D eigenvalue weighted by Gasteiger charge is 2.36. The fourth-order valence-electron chi connectivity index (χ4n) is 3.09. The number of aromatic nitrogens is 1. The molecule has 1 saturated carbocycles. The van der Waals surface area contributed by atoms with Gasteiger partial charge in [-0.25, -0.2) is 4.98 Å². The summed E-state index contributed by atoms with van der Waals surface area (Å²) in [5.74, 6) is 1.42. The minimum Gasteiger partial charge on any atom is -0.475 e. The van der Waals surface area contributed by atoms with Crippen molar-refractivity contribution in [3.63, 3.8) is 0 Å². The Labute approximate surface area is 156 Å². The van der Waals surface area contributed by atoms with E-state index in [-0.39, 0.29) is 0 Å². The van der Waals surface area contributed by atoms with E-state index >= 15 is 0 Å². The molecule has 1 aromatic heterocycles. The lowest BCUT2D eigenvalue weighted by Gasteiger charge is -2.42. The summed E-state index contributed by atoms with van der Waals surface area (Å²) in [5.41, 5.74) is 1.33. The lowest BCUT2D eigenvalue weighted by molar-refractivity contribution is 0.0732. The Morgan fingerprint density at radius 1 is 1.19 bits per heavy atom. The minimum absolute atomic E-state index is 0.344. The van der Waals surface area contributed by atoms with Gasteiger partial charge in [-0.15, -0.1) is 0 Å². The molecule has 1 aromatic rings. The van der Waals surface area contributed by atoms with E-state index in [0.29, 0.717) is 31.1 Å². The second-order valence-corrected chi connectivity index (χ2v) is 6.68. The zero-order chi connectivity index (χ0) is 18.7. The summed E-state index contributed by atoms with van der Waals surface area (Å²) in [6.45, 7) is 3.35. The molecule has 0 amide bonds. The molecule has 146 valence electrons. The SMILES string of the molecule is CN=C(NCc1cccnc1OCCOC)NCC1(CCOC)CCC1. The second-order valence-electron chi connectivity index (χ2n) is 6.68. The van der Waals surface area contributed by atoms with E-state index in [2.05, 4.69) is 20.6 Å². The average Bonchev–Trinajstić information content (AvgIpc) is 2.64. The first-order valence-electron chi connectivity index (χ1n) is 9.22. The van der Waals surface area contributed by atoms with Crippen molar-refractivity contribution in [2.75, 3.05) is 47.6 Å². The van der Waals surface area contributed by atoms with Crippen LogP contribution in [0.25, 0.3) is 0 Å². The molecule has 7 nitrogen and oxygen atoms in total. The highest BCUT2D eigenvalue weighted by atomic mass is 16.5. The van der Waals surface area contributed by atoms with Gasteiger partial charge >= 0.3 is 0 Å². The molecule has 0 unspecified atom stereocenters. The van der Waals surface area contributed by atoms with E-state index in [1.807, 2.05) is 12.1 Å². The number of methoxy groups -OCH3 is 2. The van der Waals surface area contributed by atoms with Crippen LogP contribution >= 0.6 is 0 Å². The molecule has 1 fully saturated rings. The van der Waals surface area contributed by atoms with E-state index < -0.39 is 0 Å². The molecule has 7 heteroatoms. The third-order valence-electron chi connectivity index (χ3n) is 4.93. The van der Waals surface area contributed by atoms with Gasteiger partial charge in [-0.2, -0.15) is 0 Å². The molecule has 2 rings (SSSR count). The van der Waals surface area contributed by atoms with Gasteiger partial charge in [0.25, 0.3) is 0 Å². The number of rotatable bonds is 11. The molecule has 0 aromatic carbocycles. The molecule has 1 heterocycles. The van der Waals surface area contributed by atoms with E-state index in [0.717, 1.165) is 31.1 Å². The van der Waals surface area contributed by atoms with Crippen LogP contribution in [0.2, 0.25) is 0 Å². The largest absolute Gasteiger partial charge is 0.475 e. The summed E-state index contributed by atoms with van der Waals surface area (Å²) in [6, 6.07) is 3.91. The molecule has 1 aliphatic carbocycles. The van der Waals surface area contributed by atoms with Crippen molar-refractivity contribution in [3.8, 4) is 5.88 Å². The molecule has 2 N–H and O–H groups in total. The quantitative estimate of drug-likeness (QED) is 0.355. The average molecular weight is 364 g/mol. The van der Waals surface area contributed by atoms with Crippen LogP contribution < -0.4 is 15.4 Å². The molecule has 0 spiro atoms. The van der Waals surface area contributed by atoms with E-state index in [4.69, 9.17) is 14.2 Å². The van der Waals surface area contributed by atoms with Gasteiger partial charge in [0, 0.05) is 52.7 Å². The van der Waals surface area contributed by atoms with Gasteiger partial charge in [0.15, 0.2) is 5.96 Å². The molecule has 0 radical (unpaired) electrons. The van der Waals surface area contributed by atoms with Crippen LogP contribution in [0.1, 0.15) is 31.2 Å². The summed E-state index contributed by atoms with van der Waals surface area (Å²) < 4.78 is 16.0. The van der Waals surface area contributed by atoms with E-state index in [1.165, 1.54) is 19.3 Å². The Bertz CT molecular complexity index is 561. The zero-order valence-corrected chi connectivity index (χ0v) is 16.2. The van der Waals surface area contributed by atoms with Crippen molar-refractivity contribution in [1.29, 1.82) is 0 Å². The Balaban J connectivity index is 1.83. The van der Waals surface area contributed by atoms with Crippen molar-refractivity contribution in [3.05, 3.63) is 23.9 Å². The number of nitrogens with zero attached hydrogens (tertiary/aromatic N) is 2. The molecule has 0 bridgehead atoms. The topological polar surface area (TPSA) is 77.0 Å². The van der Waals surface area contributed by atoms with E-state index in [1.54, 1.807) is 27.5 Å². The lowest BCUT2D eigenvalue weighted by Crippen LogP contribution is -2.46. The summed E-state index contributed by atoms with van der Waals surface area (Å²) in [7, 11) is 5.21. The minimum atomic E-state index is 0.344. The van der Waals surface area contributed by atoms with Crippen molar-refractivity contribution in [2.45, 2.75) is 32.2 Å². The molecule has 0 saturated heterocycles. The summed E-state index contributed by atoms with van der Waals surface area (Å²) in [5, 5.41) is 6.81. The first-order chi connectivity index (χ1) is 12.7. The molecular formula is C19H32N4O3. The predicted molar refractivity (Wildman–Crippen MR) is 103 cm³/mol. The van der Waals surface area contributed by atoms with Crippen molar-refractivity contribution in [1.82, 2.24) is 15.6 Å². The van der Waals surface area contributed by atoms with Gasteiger partial charge < -0.3 is 24.8 Å². The fraction of sp³-hybridized carbons (Fsp3) is 0.684. The van der Waals surface area contributed by atoms with Gasteiger partial charge in [0.2, 0.25) is 5.88 Å². The molecule has 0 aliphatic heterocycles. The second kappa shape index (κ2) is 11.0. The monoisotopic (exact) mass is 364 g/mol. The van der Waals surface area contributed by atoms with Crippen molar-refractivity contribution < 1.29 is 14.2 Å². The number of aliphatic imine (C=N–C) groups is 1. The number of guanidine groups is 1. The predicted octanol–water partition coefficient (Wildman–Crippen LogP) is 1.98. The summed E-state index contributed by atoms with van der Waals surface area (Å²) in [4.78, 5) is 8.64. The Kier molecular flexibility index (Phi) is 8.64. The van der Waals surface area contributed by atoms with Crippen molar-refractivity contribution >= 4 is 5.96 Å². The number of hydrogen-bond acceptors (Lipinski definition) is 5. The zero-order valence-electron chi connectivity index (χ0n) is 16.2. The number of nitrogens with one attached hydrogen (secondary N) is 2. The van der Waals surface area contributed by atoms with Gasteiger partial charge in [0.1, 0.15) is 6.61 Å². The lowest BCUT2D eigenvalue weighted by atomic mass is 9.67. The van der Waals surface area contributed by atoms with E-state index in [9.17, 15) is 0 Å². The molecular weight excluding hydrogens is 332 g/mol. The third-order valence-corrected chi connectivity index (χ3v) is 4.93. The molecule has 1 aliphatic rings. The Hall–Kier alpha value is -1.86. The maximum atomic E-state index is 5.68. The van der Waals surface area contributed by atoms with Crippen LogP contribution in [-0.2, 0) is 16.0 Å². The van der Waals surface area contributed by atoms with Gasteiger partial charge in [0.05, 0.1) is 6.61 Å². The summed E-state index contributed by atoms with van der Waals surface area (Å²) in [6.07, 6.45) is 6.62. The van der Waals surface area contributed by atoms with Gasteiger partial charge in [-0.05, 0) is 30.7 Å². The maximum absolute atomic E-state index is 5.68. The number of hydrogen-bond donors (Lipinski definition) is 2. The van der Waals surface area contributed by atoms with Crippen LogP contribution in [-0.4, -0.2) is 58.6 Å². The Morgan fingerprint density at radius 2 is 2.00 bits per heavy atom. The highest BCUT2D eigenvalue weighted by molar-refractivity contribution is 5.79. The van der Waals surface area contributed by atoms with Crippen LogP contribution in [0.15, 0.2) is 23.3 Å². The standard InChI is InChI=1S/C19H32N4O3/c1-20-18(23-15-19(7-5-8-19)9-11-24-2)22-14-16-6-4-10-21-17(16)26-13-12-25-3/h4,6,10H,5,7-9,11-15H2,1-3H3,(H2,20,22,23). The smallest absolute Gasteiger partial charge is 0.218 e. The molecule has 26 heavy (non-hydrogen) atoms. The summed E-state index contributed by atoms with van der Waals surface area (Å²) >= 11 is 0. The molecule has 0 atom stereocenters. The van der Waals surface area contributed by atoms with Gasteiger partial charge in [-0.1, -0.05) is 12.5 Å². The van der Waals surface area contributed by atoms with Crippen LogP contribution in [0.3, 0.4) is 0 Å². The van der Waals surface area contributed by atoms with Crippen LogP contribution in [0.4, 0.5) is 0 Å². The fourth-order valence-corrected chi connectivity index (χ4v) is 3.09. The first-order valence-corrected chi connectivity index (χ1v) is 9.22. The van der Waals surface area contributed by atoms with Crippen LogP contribution in [0.5, 0.6) is 5.88 Å². The highest BCUT2D eigenvalue weighted by Crippen LogP contribution is 2.43. The van der Waals surface area contributed by atoms with Crippen LogP contribution in [0, 0.1) is 5.41 Å². The normalized spacial score (nSPS) is 16.0. The Morgan fingerprint density at radius 3 is 2.65 bits per heavy atom. The first kappa shape index (κ1) is 20.5.